The van der Waals surface area contributed by atoms with E-state index in [1.807, 2.05) is 31.2 Å². The quantitative estimate of drug-likeness (QED) is 0.858. The average molecular weight is 359 g/mol. The molecule has 7 nitrogen and oxygen atoms in total. The molecular weight excluding hydrogens is 334 g/mol. The molecule has 0 radical (unpaired) electrons. The van der Waals surface area contributed by atoms with Gasteiger partial charge in [-0.1, -0.05) is 6.07 Å². The molecule has 2 aromatic rings. The number of phenols is 1. The molecule has 1 fully saturated rings. The van der Waals surface area contributed by atoms with Crippen molar-refractivity contribution in [3.8, 4) is 5.75 Å². The monoisotopic (exact) mass is 359 g/mol. The van der Waals surface area contributed by atoms with Crippen molar-refractivity contribution in [2.45, 2.75) is 13.0 Å². The van der Waals surface area contributed by atoms with E-state index in [1.165, 1.54) is 0 Å². The molecule has 3 rings (SSSR count). The van der Waals surface area contributed by atoms with Crippen LogP contribution in [0.5, 0.6) is 5.75 Å². The topological polar surface area (TPSA) is 78.2 Å². The van der Waals surface area contributed by atoms with Gasteiger partial charge in [0.1, 0.15) is 23.3 Å². The predicted octanol–water partition coefficient (Wildman–Crippen LogP) is 2.51. The van der Waals surface area contributed by atoms with Crippen LogP contribution in [0.15, 0.2) is 40.8 Å². The molecule has 1 aliphatic rings. The number of urea groups is 1. The summed E-state index contributed by atoms with van der Waals surface area (Å²) in [6, 6.07) is 10.5. The van der Waals surface area contributed by atoms with E-state index in [2.05, 4.69) is 10.2 Å². The van der Waals surface area contributed by atoms with E-state index < -0.39 is 0 Å². The van der Waals surface area contributed by atoms with Crippen LogP contribution >= 0.6 is 0 Å². The number of furan rings is 1. The first-order valence-corrected chi connectivity index (χ1v) is 8.71. The number of carbonyl (C=O) groups excluding carboxylic acids is 1. The summed E-state index contributed by atoms with van der Waals surface area (Å²) in [6.45, 7) is 4.87. The van der Waals surface area contributed by atoms with Gasteiger partial charge >= 0.3 is 6.03 Å². The van der Waals surface area contributed by atoms with E-state index in [4.69, 9.17) is 9.15 Å². The Morgan fingerprint density at radius 3 is 2.65 bits per heavy atom. The van der Waals surface area contributed by atoms with Crippen LogP contribution in [0.3, 0.4) is 0 Å². The third-order valence-electron chi connectivity index (χ3n) is 4.50. The molecule has 1 atom stereocenters. The summed E-state index contributed by atoms with van der Waals surface area (Å²) in [5.41, 5.74) is 0.966. The van der Waals surface area contributed by atoms with Crippen LogP contribution in [-0.2, 0) is 4.74 Å². The fraction of sp³-hybridized carbons (Fsp3) is 0.421. The molecule has 0 aliphatic carbocycles. The lowest BCUT2D eigenvalue weighted by Crippen LogP contribution is -2.52. The molecule has 1 aromatic carbocycles. The highest BCUT2D eigenvalue weighted by molar-refractivity contribution is 5.75. The Bertz CT molecular complexity index is 738. The van der Waals surface area contributed by atoms with Crippen LogP contribution in [0.2, 0.25) is 0 Å². The number of benzene rings is 1. The molecule has 7 heteroatoms. The Labute approximate surface area is 153 Å². The molecule has 0 bridgehead atoms. The van der Waals surface area contributed by atoms with E-state index in [-0.39, 0.29) is 17.8 Å². The molecule has 26 heavy (non-hydrogen) atoms. The van der Waals surface area contributed by atoms with Gasteiger partial charge in [0, 0.05) is 45.0 Å². The molecule has 0 saturated carbocycles. The Morgan fingerprint density at radius 1 is 1.27 bits per heavy atom. The van der Waals surface area contributed by atoms with Crippen molar-refractivity contribution in [2.24, 2.45) is 0 Å². The second-order valence-corrected chi connectivity index (χ2v) is 6.40. The van der Waals surface area contributed by atoms with Crippen molar-refractivity contribution >= 4 is 11.7 Å². The zero-order chi connectivity index (χ0) is 18.5. The van der Waals surface area contributed by atoms with E-state index in [0.717, 1.165) is 11.4 Å². The zero-order valence-electron chi connectivity index (χ0n) is 15.1. The summed E-state index contributed by atoms with van der Waals surface area (Å²) in [7, 11) is 1.60. The molecule has 2 N–H and O–H groups in total. The van der Waals surface area contributed by atoms with Gasteiger partial charge in [0.15, 0.2) is 0 Å². The first kappa shape index (κ1) is 18.1. The van der Waals surface area contributed by atoms with Crippen LogP contribution < -0.4 is 10.2 Å². The molecule has 0 spiro atoms. The summed E-state index contributed by atoms with van der Waals surface area (Å²) >= 11 is 0. The Balaban J connectivity index is 1.57. The Hall–Kier alpha value is -2.67. The zero-order valence-corrected chi connectivity index (χ0v) is 15.1. The van der Waals surface area contributed by atoms with Crippen LogP contribution in [0, 0.1) is 6.92 Å². The second-order valence-electron chi connectivity index (χ2n) is 6.40. The number of carbonyl (C=O) groups is 1. The minimum Gasteiger partial charge on any atom is -0.508 e. The lowest BCUT2D eigenvalue weighted by Gasteiger charge is -2.36. The molecule has 2 heterocycles. The lowest BCUT2D eigenvalue weighted by atomic mass is 10.2. The molecule has 1 aliphatic heterocycles. The highest BCUT2D eigenvalue weighted by atomic mass is 16.5. The number of nitrogens with one attached hydrogen (secondary N) is 1. The molecular formula is C19H25N3O4. The van der Waals surface area contributed by atoms with Gasteiger partial charge in [-0.25, -0.2) is 4.79 Å². The van der Waals surface area contributed by atoms with Gasteiger partial charge in [-0.2, -0.15) is 0 Å². The molecule has 140 valence electrons. The highest BCUT2D eigenvalue weighted by Gasteiger charge is 2.25. The minimum absolute atomic E-state index is 0.128. The number of ether oxygens (including phenoxy) is 1. The average Bonchev–Trinajstić information content (AvgIpc) is 3.08. The predicted molar refractivity (Wildman–Crippen MR) is 98.5 cm³/mol. The number of piperazine rings is 1. The summed E-state index contributed by atoms with van der Waals surface area (Å²) < 4.78 is 10.8. The first-order valence-electron chi connectivity index (χ1n) is 8.71. The van der Waals surface area contributed by atoms with Crippen LogP contribution in [-0.4, -0.2) is 55.9 Å². The van der Waals surface area contributed by atoms with Crippen LogP contribution in [0.4, 0.5) is 10.5 Å². The lowest BCUT2D eigenvalue weighted by molar-refractivity contribution is 0.145. The van der Waals surface area contributed by atoms with E-state index in [9.17, 15) is 9.90 Å². The third-order valence-corrected chi connectivity index (χ3v) is 4.50. The number of nitrogens with zero attached hydrogens (tertiary/aromatic N) is 2. The SMILES string of the molecule is COCC(NC(=O)N1CCN(c2cccc(O)c2)CC1)c1ccc(C)o1. The number of phenolic OH excluding ortho intramolecular Hbond substituents is 1. The number of methoxy groups -OCH3 is 1. The van der Waals surface area contributed by atoms with Crippen molar-refractivity contribution in [1.29, 1.82) is 0 Å². The van der Waals surface area contributed by atoms with Crippen molar-refractivity contribution < 1.29 is 19.1 Å². The van der Waals surface area contributed by atoms with Gasteiger partial charge < -0.3 is 29.4 Å². The molecule has 1 aromatic heterocycles. The van der Waals surface area contributed by atoms with Crippen molar-refractivity contribution in [3.05, 3.63) is 47.9 Å². The maximum Gasteiger partial charge on any atom is 0.318 e. The van der Waals surface area contributed by atoms with Gasteiger partial charge in [-0.3, -0.25) is 0 Å². The largest absolute Gasteiger partial charge is 0.508 e. The summed E-state index contributed by atoms with van der Waals surface area (Å²) in [5.74, 6) is 1.74. The van der Waals surface area contributed by atoms with Crippen molar-refractivity contribution in [2.75, 3.05) is 44.8 Å². The summed E-state index contributed by atoms with van der Waals surface area (Å²) in [6.07, 6.45) is 0. The summed E-state index contributed by atoms with van der Waals surface area (Å²) in [4.78, 5) is 16.6. The van der Waals surface area contributed by atoms with Crippen LogP contribution in [0.1, 0.15) is 17.6 Å². The highest BCUT2D eigenvalue weighted by Crippen LogP contribution is 2.22. The number of amides is 2. The fourth-order valence-corrected chi connectivity index (χ4v) is 3.10. The van der Waals surface area contributed by atoms with Crippen molar-refractivity contribution in [1.82, 2.24) is 10.2 Å². The van der Waals surface area contributed by atoms with E-state index in [0.29, 0.717) is 38.5 Å². The van der Waals surface area contributed by atoms with Crippen molar-refractivity contribution in [3.63, 3.8) is 0 Å². The van der Waals surface area contributed by atoms with E-state index >= 15 is 0 Å². The molecule has 2 amide bonds. The molecule has 1 unspecified atom stereocenters. The third kappa shape index (κ3) is 4.29. The van der Waals surface area contributed by atoms with E-state index in [1.54, 1.807) is 24.1 Å². The first-order chi connectivity index (χ1) is 12.6. The number of aromatic hydroxyl groups is 1. The molecule has 1 saturated heterocycles. The second kappa shape index (κ2) is 8.14. The van der Waals surface area contributed by atoms with Gasteiger partial charge in [0.2, 0.25) is 0 Å². The maximum atomic E-state index is 12.6. The van der Waals surface area contributed by atoms with Gasteiger partial charge in [-0.15, -0.1) is 0 Å². The maximum absolute atomic E-state index is 12.6. The standard InChI is InChI=1S/C19H25N3O4/c1-14-6-7-18(26-14)17(13-25-2)20-19(24)22-10-8-21(9-11-22)15-4-3-5-16(23)12-15/h3-7,12,17,23H,8-11,13H2,1-2H3,(H,20,24). The van der Waals surface area contributed by atoms with Gasteiger partial charge in [-0.05, 0) is 31.2 Å². The summed E-state index contributed by atoms with van der Waals surface area (Å²) in [5, 5.41) is 12.6. The Morgan fingerprint density at radius 2 is 2.04 bits per heavy atom. The smallest absolute Gasteiger partial charge is 0.318 e. The fourth-order valence-electron chi connectivity index (χ4n) is 3.10. The van der Waals surface area contributed by atoms with Crippen LogP contribution in [0.25, 0.3) is 0 Å². The Kier molecular flexibility index (Phi) is 5.68. The number of hydrogen-bond acceptors (Lipinski definition) is 5. The van der Waals surface area contributed by atoms with Gasteiger partial charge in [0.25, 0.3) is 0 Å². The number of rotatable bonds is 5. The number of hydrogen-bond donors (Lipinski definition) is 2. The number of anilines is 1. The van der Waals surface area contributed by atoms with Gasteiger partial charge in [0.05, 0.1) is 6.61 Å². The number of aryl methyl sites for hydroxylation is 1. The normalized spacial score (nSPS) is 15.8. The minimum atomic E-state index is -0.315.